The van der Waals surface area contributed by atoms with Crippen molar-refractivity contribution in [3.63, 3.8) is 0 Å². The van der Waals surface area contributed by atoms with Gasteiger partial charge in [0.1, 0.15) is 5.82 Å². The van der Waals surface area contributed by atoms with Crippen LogP contribution >= 0.6 is 0 Å². The van der Waals surface area contributed by atoms with E-state index >= 15 is 0 Å². The molecule has 2 aliphatic heterocycles. The first kappa shape index (κ1) is 16.1. The number of hydrogen-bond donors (Lipinski definition) is 0. The van der Waals surface area contributed by atoms with Gasteiger partial charge >= 0.3 is 0 Å². The summed E-state index contributed by atoms with van der Waals surface area (Å²) in [5.41, 5.74) is 2.15. The number of hydrogen-bond acceptors (Lipinski definition) is 5. The highest BCUT2D eigenvalue weighted by atomic mass is 16.5. The van der Waals surface area contributed by atoms with Gasteiger partial charge in [0, 0.05) is 25.0 Å². The molecule has 1 saturated heterocycles. The standard InChI is InChI=1S/C18H22N4O3/c1-11(2)22-9-15-13(18(22)23)8-14(17(20-15)24-3)16-19-5-6-21(16)12-4-7-25-10-12/h5-6,8,11-12H,4,7,9-10H2,1-3H3. The zero-order chi connectivity index (χ0) is 17.6. The van der Waals surface area contributed by atoms with Crippen molar-refractivity contribution in [3.05, 3.63) is 29.7 Å². The number of rotatable bonds is 4. The molecule has 2 aromatic heterocycles. The number of fused-ring (bicyclic) bond motifs is 1. The van der Waals surface area contributed by atoms with Gasteiger partial charge in [-0.3, -0.25) is 4.79 Å². The zero-order valence-electron chi connectivity index (χ0n) is 14.7. The summed E-state index contributed by atoms with van der Waals surface area (Å²) in [6.45, 7) is 5.96. The average molecular weight is 342 g/mol. The third-order valence-corrected chi connectivity index (χ3v) is 4.90. The van der Waals surface area contributed by atoms with Crippen LogP contribution in [-0.2, 0) is 11.3 Å². The molecule has 1 unspecified atom stereocenters. The molecule has 7 nitrogen and oxygen atoms in total. The summed E-state index contributed by atoms with van der Waals surface area (Å²) in [7, 11) is 1.60. The number of amides is 1. The van der Waals surface area contributed by atoms with Crippen molar-refractivity contribution in [1.29, 1.82) is 0 Å². The lowest BCUT2D eigenvalue weighted by Gasteiger charge is -2.19. The topological polar surface area (TPSA) is 69.5 Å². The second kappa shape index (κ2) is 6.15. The average Bonchev–Trinajstić information content (AvgIpc) is 3.33. The fourth-order valence-corrected chi connectivity index (χ4v) is 3.52. The number of nitrogens with zero attached hydrogens (tertiary/aromatic N) is 4. The van der Waals surface area contributed by atoms with E-state index in [2.05, 4.69) is 14.5 Å². The first-order valence-corrected chi connectivity index (χ1v) is 8.60. The van der Waals surface area contributed by atoms with E-state index in [1.54, 1.807) is 13.3 Å². The normalized spacial score (nSPS) is 19.8. The van der Waals surface area contributed by atoms with Gasteiger partial charge < -0.3 is 18.9 Å². The minimum atomic E-state index is 0.0173. The Morgan fingerprint density at radius 1 is 1.36 bits per heavy atom. The summed E-state index contributed by atoms with van der Waals surface area (Å²) in [6, 6.07) is 2.26. The number of ether oxygens (including phenoxy) is 2. The molecule has 0 N–H and O–H groups in total. The quantitative estimate of drug-likeness (QED) is 0.852. The van der Waals surface area contributed by atoms with Gasteiger partial charge in [0.25, 0.3) is 5.91 Å². The Balaban J connectivity index is 1.80. The molecular weight excluding hydrogens is 320 g/mol. The van der Waals surface area contributed by atoms with Gasteiger partial charge in [0.15, 0.2) is 0 Å². The van der Waals surface area contributed by atoms with Crippen LogP contribution in [0.25, 0.3) is 11.4 Å². The molecule has 0 spiro atoms. The Bertz CT molecular complexity index is 809. The van der Waals surface area contributed by atoms with Gasteiger partial charge in [-0.1, -0.05) is 0 Å². The van der Waals surface area contributed by atoms with Crippen LogP contribution in [0.15, 0.2) is 18.5 Å². The molecule has 1 atom stereocenters. The van der Waals surface area contributed by atoms with Crippen LogP contribution in [0.1, 0.15) is 42.4 Å². The van der Waals surface area contributed by atoms with Gasteiger partial charge in [-0.25, -0.2) is 9.97 Å². The Hall–Kier alpha value is -2.41. The fraction of sp³-hybridized carbons (Fsp3) is 0.500. The summed E-state index contributed by atoms with van der Waals surface area (Å²) >= 11 is 0. The lowest BCUT2D eigenvalue weighted by molar-refractivity contribution is 0.0730. The van der Waals surface area contributed by atoms with Crippen LogP contribution in [0, 0.1) is 0 Å². The first-order chi connectivity index (χ1) is 12.1. The number of imidazole rings is 1. The maximum atomic E-state index is 12.7. The van der Waals surface area contributed by atoms with Crippen LogP contribution in [0.5, 0.6) is 5.88 Å². The number of methoxy groups -OCH3 is 1. The highest BCUT2D eigenvalue weighted by molar-refractivity contribution is 5.99. The molecule has 7 heteroatoms. The van der Waals surface area contributed by atoms with E-state index < -0.39 is 0 Å². The molecule has 0 radical (unpaired) electrons. The Kier molecular flexibility index (Phi) is 3.95. The van der Waals surface area contributed by atoms with Crippen molar-refractivity contribution in [1.82, 2.24) is 19.4 Å². The molecule has 4 heterocycles. The minimum Gasteiger partial charge on any atom is -0.480 e. The molecule has 2 aromatic rings. The summed E-state index contributed by atoms with van der Waals surface area (Å²) in [5, 5.41) is 0. The second-order valence-electron chi connectivity index (χ2n) is 6.74. The molecular formula is C18H22N4O3. The minimum absolute atomic E-state index is 0.0173. The van der Waals surface area contributed by atoms with Crippen molar-refractivity contribution in [2.75, 3.05) is 20.3 Å². The van der Waals surface area contributed by atoms with Crippen molar-refractivity contribution in [3.8, 4) is 17.3 Å². The molecule has 0 saturated carbocycles. The van der Waals surface area contributed by atoms with E-state index in [0.717, 1.165) is 30.1 Å². The summed E-state index contributed by atoms with van der Waals surface area (Å²) in [6.07, 6.45) is 4.66. The van der Waals surface area contributed by atoms with Gasteiger partial charge in [0.2, 0.25) is 5.88 Å². The zero-order valence-corrected chi connectivity index (χ0v) is 14.7. The van der Waals surface area contributed by atoms with Gasteiger partial charge in [-0.2, -0.15) is 0 Å². The molecule has 0 bridgehead atoms. The smallest absolute Gasteiger partial charge is 0.256 e. The molecule has 25 heavy (non-hydrogen) atoms. The van der Waals surface area contributed by atoms with Gasteiger partial charge in [-0.15, -0.1) is 0 Å². The SMILES string of the molecule is COc1nc2c(cc1-c1nccn1C1CCOC1)C(=O)N(C(C)C)C2. The molecule has 2 aliphatic rings. The predicted octanol–water partition coefficient (Wildman–Crippen LogP) is 2.28. The molecule has 4 rings (SSSR count). The number of carbonyl (C=O) groups is 1. The molecule has 0 aromatic carbocycles. The third kappa shape index (κ3) is 2.59. The molecule has 132 valence electrons. The molecule has 1 fully saturated rings. The first-order valence-electron chi connectivity index (χ1n) is 8.60. The van der Waals surface area contributed by atoms with E-state index in [9.17, 15) is 4.79 Å². The monoisotopic (exact) mass is 342 g/mol. The lowest BCUT2D eigenvalue weighted by Crippen LogP contribution is -2.30. The molecule has 1 amide bonds. The fourth-order valence-electron chi connectivity index (χ4n) is 3.52. The van der Waals surface area contributed by atoms with Gasteiger partial charge in [-0.05, 0) is 26.3 Å². The van der Waals surface area contributed by atoms with Crippen molar-refractivity contribution >= 4 is 5.91 Å². The Morgan fingerprint density at radius 3 is 2.88 bits per heavy atom. The Morgan fingerprint density at radius 2 is 2.20 bits per heavy atom. The largest absolute Gasteiger partial charge is 0.480 e. The Labute approximate surface area is 146 Å². The number of pyridine rings is 1. The van der Waals surface area contributed by atoms with E-state index in [1.165, 1.54) is 0 Å². The van der Waals surface area contributed by atoms with Crippen LogP contribution in [0.2, 0.25) is 0 Å². The van der Waals surface area contributed by atoms with Crippen LogP contribution in [-0.4, -0.2) is 51.7 Å². The predicted molar refractivity (Wildman–Crippen MR) is 91.5 cm³/mol. The maximum Gasteiger partial charge on any atom is 0.256 e. The second-order valence-corrected chi connectivity index (χ2v) is 6.74. The number of aromatic nitrogens is 3. The van der Waals surface area contributed by atoms with Crippen molar-refractivity contribution in [2.24, 2.45) is 0 Å². The van der Waals surface area contributed by atoms with E-state index in [1.807, 2.05) is 31.0 Å². The summed E-state index contributed by atoms with van der Waals surface area (Å²) < 4.78 is 13.1. The third-order valence-electron chi connectivity index (χ3n) is 4.90. The molecule has 0 aliphatic carbocycles. The highest BCUT2D eigenvalue weighted by Gasteiger charge is 2.33. The number of carbonyl (C=O) groups excluding carboxylic acids is 1. The van der Waals surface area contributed by atoms with Crippen molar-refractivity contribution < 1.29 is 14.3 Å². The van der Waals surface area contributed by atoms with Crippen molar-refractivity contribution in [2.45, 2.75) is 38.9 Å². The van der Waals surface area contributed by atoms with Gasteiger partial charge in [0.05, 0.1) is 43.1 Å². The van der Waals surface area contributed by atoms with Crippen LogP contribution in [0.4, 0.5) is 0 Å². The van der Waals surface area contributed by atoms with Crippen LogP contribution in [0.3, 0.4) is 0 Å². The summed E-state index contributed by atoms with van der Waals surface area (Å²) in [4.78, 5) is 23.6. The van der Waals surface area contributed by atoms with Crippen LogP contribution < -0.4 is 4.74 Å². The van der Waals surface area contributed by atoms with E-state index in [4.69, 9.17) is 9.47 Å². The summed E-state index contributed by atoms with van der Waals surface area (Å²) in [5.74, 6) is 1.28. The highest BCUT2D eigenvalue weighted by Crippen LogP contribution is 2.35. The lowest BCUT2D eigenvalue weighted by atomic mass is 10.1. The maximum absolute atomic E-state index is 12.7. The van der Waals surface area contributed by atoms with E-state index in [-0.39, 0.29) is 18.0 Å². The van der Waals surface area contributed by atoms with E-state index in [0.29, 0.717) is 24.6 Å².